The van der Waals surface area contributed by atoms with Crippen LogP contribution in [-0.2, 0) is 11.2 Å². The summed E-state index contributed by atoms with van der Waals surface area (Å²) in [6.07, 6.45) is 0.801. The molecule has 1 aliphatic heterocycles. The number of aryl methyl sites for hydroxylation is 1. The lowest BCUT2D eigenvalue weighted by Gasteiger charge is -2.39. The van der Waals surface area contributed by atoms with E-state index in [1.807, 2.05) is 36.4 Å². The Morgan fingerprint density at radius 1 is 1.00 bits per heavy atom. The number of carbonyl (C=O) groups excluding carboxylic acids is 1. The van der Waals surface area contributed by atoms with Crippen LogP contribution in [0.15, 0.2) is 60.7 Å². The van der Waals surface area contributed by atoms with Crippen LogP contribution in [0.25, 0.3) is 0 Å². The second kappa shape index (κ2) is 11.3. The number of anilines is 1. The van der Waals surface area contributed by atoms with Crippen LogP contribution in [0.1, 0.15) is 33.1 Å². The average Bonchev–Trinajstić information content (AvgIpc) is 2.91. The molecular weight excluding hydrogens is 476 g/mol. The third kappa shape index (κ3) is 5.54. The maximum atomic E-state index is 11.8. The molecule has 0 unspecified atom stereocenters. The van der Waals surface area contributed by atoms with E-state index in [0.717, 1.165) is 29.8 Å². The molecule has 0 saturated carbocycles. The van der Waals surface area contributed by atoms with E-state index in [4.69, 9.17) is 31.2 Å². The first-order valence-electron chi connectivity index (χ1n) is 11.6. The summed E-state index contributed by atoms with van der Waals surface area (Å²) in [5.41, 5.74) is 4.82. The van der Waals surface area contributed by atoms with Crippen molar-refractivity contribution in [2.24, 2.45) is 0 Å². The molecule has 3 aromatic carbocycles. The molecule has 188 valence electrons. The molecule has 0 aromatic heterocycles. The van der Waals surface area contributed by atoms with Gasteiger partial charge in [-0.1, -0.05) is 17.7 Å². The first-order valence-corrected chi connectivity index (χ1v) is 12.0. The van der Waals surface area contributed by atoms with Crippen molar-refractivity contribution >= 4 is 29.0 Å². The van der Waals surface area contributed by atoms with Gasteiger partial charge in [0.25, 0.3) is 0 Å². The van der Waals surface area contributed by atoms with Crippen LogP contribution in [0.5, 0.6) is 17.2 Å². The molecule has 0 fully saturated rings. The molecule has 1 aliphatic rings. The van der Waals surface area contributed by atoms with Crippen molar-refractivity contribution in [1.82, 2.24) is 4.90 Å². The van der Waals surface area contributed by atoms with E-state index in [1.54, 1.807) is 38.5 Å². The Morgan fingerprint density at radius 2 is 1.67 bits per heavy atom. The van der Waals surface area contributed by atoms with Crippen LogP contribution in [0.4, 0.5) is 5.69 Å². The maximum absolute atomic E-state index is 11.8. The number of benzene rings is 3. The smallest absolute Gasteiger partial charge is 0.337 e. The number of esters is 1. The monoisotopic (exact) mass is 506 g/mol. The fourth-order valence-corrected chi connectivity index (χ4v) is 4.60. The van der Waals surface area contributed by atoms with E-state index in [-0.39, 0.29) is 12.0 Å². The molecule has 1 N–H and O–H groups in total. The zero-order valence-corrected chi connectivity index (χ0v) is 21.7. The van der Waals surface area contributed by atoms with Gasteiger partial charge >= 0.3 is 5.97 Å². The Labute approximate surface area is 216 Å². The molecule has 7 nitrogen and oxygen atoms in total. The summed E-state index contributed by atoms with van der Waals surface area (Å²) in [7, 11) is 4.63. The number of nitrogens with one attached hydrogen (secondary N) is 1. The molecule has 0 spiro atoms. The highest BCUT2D eigenvalue weighted by molar-refractivity contribution is 7.80. The van der Waals surface area contributed by atoms with Gasteiger partial charge in [0.15, 0.2) is 16.6 Å². The van der Waals surface area contributed by atoms with Gasteiger partial charge in [-0.15, -0.1) is 0 Å². The first-order chi connectivity index (χ1) is 17.4. The summed E-state index contributed by atoms with van der Waals surface area (Å²) in [4.78, 5) is 13.9. The molecule has 1 heterocycles. The lowest BCUT2D eigenvalue weighted by Crippen LogP contribution is -2.44. The van der Waals surface area contributed by atoms with Crippen molar-refractivity contribution in [3.8, 4) is 17.2 Å². The molecule has 1 atom stereocenters. The lowest BCUT2D eigenvalue weighted by molar-refractivity contribution is 0.0600. The third-order valence-corrected chi connectivity index (χ3v) is 6.59. The number of hydrogen-bond acceptors (Lipinski definition) is 6. The van der Waals surface area contributed by atoms with Gasteiger partial charge in [0, 0.05) is 12.2 Å². The zero-order chi connectivity index (χ0) is 25.7. The number of carbonyl (C=O) groups is 1. The van der Waals surface area contributed by atoms with Crippen LogP contribution in [0.3, 0.4) is 0 Å². The summed E-state index contributed by atoms with van der Waals surface area (Å²) in [5, 5.41) is 3.99. The van der Waals surface area contributed by atoms with Crippen LogP contribution in [0.2, 0.25) is 0 Å². The van der Waals surface area contributed by atoms with Crippen molar-refractivity contribution < 1.29 is 23.7 Å². The van der Waals surface area contributed by atoms with Crippen molar-refractivity contribution in [1.29, 1.82) is 0 Å². The topological polar surface area (TPSA) is 69.3 Å². The SMILES string of the molecule is COC(=O)c1ccc(OC[C@H]2c3cc(OC)c(OC)cc3CCN2C(=S)Nc2ccc(C)cc2)cc1. The third-order valence-electron chi connectivity index (χ3n) is 6.25. The molecular formula is C28H30N2O5S. The Hall–Kier alpha value is -3.78. The van der Waals surface area contributed by atoms with Crippen LogP contribution >= 0.6 is 12.2 Å². The predicted octanol–water partition coefficient (Wildman–Crippen LogP) is 5.17. The molecule has 0 bridgehead atoms. The number of hydrogen-bond donors (Lipinski definition) is 1. The fraction of sp³-hybridized carbons (Fsp3) is 0.286. The maximum Gasteiger partial charge on any atom is 0.337 e. The fourth-order valence-electron chi connectivity index (χ4n) is 4.26. The quantitative estimate of drug-likeness (QED) is 0.348. The largest absolute Gasteiger partial charge is 0.493 e. The van der Waals surface area contributed by atoms with Crippen LogP contribution in [0, 0.1) is 6.92 Å². The summed E-state index contributed by atoms with van der Waals surface area (Å²) in [6, 6.07) is 18.9. The van der Waals surface area contributed by atoms with E-state index in [9.17, 15) is 4.79 Å². The Morgan fingerprint density at radius 3 is 2.31 bits per heavy atom. The minimum atomic E-state index is -0.387. The second-order valence-corrected chi connectivity index (χ2v) is 8.88. The highest BCUT2D eigenvalue weighted by Gasteiger charge is 2.31. The van der Waals surface area contributed by atoms with E-state index in [2.05, 4.69) is 17.1 Å². The van der Waals surface area contributed by atoms with Crippen molar-refractivity contribution in [3.63, 3.8) is 0 Å². The summed E-state index contributed by atoms with van der Waals surface area (Å²) >= 11 is 5.85. The molecule has 0 aliphatic carbocycles. The summed E-state index contributed by atoms with van der Waals surface area (Å²) in [6.45, 7) is 3.11. The van der Waals surface area contributed by atoms with E-state index < -0.39 is 0 Å². The van der Waals surface area contributed by atoms with E-state index >= 15 is 0 Å². The molecule has 0 amide bonds. The molecule has 36 heavy (non-hydrogen) atoms. The van der Waals surface area contributed by atoms with Gasteiger partial charge in [-0.3, -0.25) is 0 Å². The number of rotatable bonds is 7. The van der Waals surface area contributed by atoms with Gasteiger partial charge < -0.3 is 29.2 Å². The van der Waals surface area contributed by atoms with Gasteiger partial charge in [0.1, 0.15) is 12.4 Å². The number of methoxy groups -OCH3 is 3. The Balaban J connectivity index is 1.61. The standard InChI is InChI=1S/C28H30N2O5S/c1-18-5-9-21(10-6-18)29-28(36)30-14-13-20-15-25(32-2)26(33-3)16-23(20)24(30)17-35-22-11-7-19(8-12-22)27(31)34-4/h5-12,15-16,24H,13-14,17H2,1-4H3,(H,29,36)/t24-/m0/s1. The van der Waals surface area contributed by atoms with E-state index in [1.165, 1.54) is 12.7 Å². The van der Waals surface area contributed by atoms with Gasteiger partial charge in [-0.25, -0.2) is 4.79 Å². The molecule has 3 aromatic rings. The van der Waals surface area contributed by atoms with Gasteiger partial charge in [-0.05, 0) is 85.2 Å². The molecule has 8 heteroatoms. The molecule has 0 saturated heterocycles. The van der Waals surface area contributed by atoms with Crippen LogP contribution in [-0.4, -0.2) is 50.5 Å². The Kier molecular flexibility index (Phi) is 7.95. The van der Waals surface area contributed by atoms with Gasteiger partial charge in [0.2, 0.25) is 0 Å². The summed E-state index contributed by atoms with van der Waals surface area (Å²) in [5.74, 6) is 1.61. The number of nitrogens with zero attached hydrogens (tertiary/aromatic N) is 1. The normalized spacial score (nSPS) is 14.4. The minimum Gasteiger partial charge on any atom is -0.493 e. The van der Waals surface area contributed by atoms with Gasteiger partial charge in [0.05, 0.1) is 32.9 Å². The van der Waals surface area contributed by atoms with Crippen molar-refractivity contribution in [2.45, 2.75) is 19.4 Å². The minimum absolute atomic E-state index is 0.167. The van der Waals surface area contributed by atoms with Crippen molar-refractivity contribution in [3.05, 3.63) is 82.9 Å². The Bertz CT molecular complexity index is 1230. The average molecular weight is 507 g/mol. The summed E-state index contributed by atoms with van der Waals surface area (Å²) < 4.78 is 22.1. The number of thiocarbonyl (C=S) groups is 1. The lowest BCUT2D eigenvalue weighted by atomic mass is 9.92. The highest BCUT2D eigenvalue weighted by atomic mass is 32.1. The van der Waals surface area contributed by atoms with Gasteiger partial charge in [-0.2, -0.15) is 0 Å². The number of ether oxygens (including phenoxy) is 4. The molecule has 4 rings (SSSR count). The predicted molar refractivity (Wildman–Crippen MR) is 143 cm³/mol. The number of fused-ring (bicyclic) bond motifs is 1. The highest BCUT2D eigenvalue weighted by Crippen LogP contribution is 2.38. The molecule has 0 radical (unpaired) electrons. The van der Waals surface area contributed by atoms with E-state index in [0.29, 0.717) is 34.5 Å². The first kappa shape index (κ1) is 25.3. The van der Waals surface area contributed by atoms with Crippen molar-refractivity contribution in [2.75, 3.05) is 39.8 Å². The van der Waals surface area contributed by atoms with Crippen LogP contribution < -0.4 is 19.5 Å². The zero-order valence-electron chi connectivity index (χ0n) is 20.9. The second-order valence-electron chi connectivity index (χ2n) is 8.49.